The molecule has 2 heterocycles. The number of hydrogen-bond donors (Lipinski definition) is 1. The topological polar surface area (TPSA) is 45.2 Å². The number of anilines is 1. The van der Waals surface area contributed by atoms with Gasteiger partial charge in [0.25, 0.3) is 0 Å². The molecular weight excluding hydrogens is 341 g/mol. The zero-order valence-corrected chi connectivity index (χ0v) is 16.0. The minimum atomic E-state index is -0.244. The van der Waals surface area contributed by atoms with Gasteiger partial charge in [0.05, 0.1) is 0 Å². The fourth-order valence-electron chi connectivity index (χ4n) is 6.77. The van der Waals surface area contributed by atoms with Crippen LogP contribution in [0.3, 0.4) is 0 Å². The molecule has 5 fully saturated rings. The number of rotatable bonds is 4. The lowest BCUT2D eigenvalue weighted by Gasteiger charge is -2.55. The Hall–Kier alpha value is -1.65. The number of carbonyl (C=O) groups excluding carboxylic acids is 1. The van der Waals surface area contributed by atoms with E-state index in [1.807, 2.05) is 4.90 Å². The van der Waals surface area contributed by atoms with Gasteiger partial charge >= 0.3 is 0 Å². The second kappa shape index (κ2) is 6.75. The van der Waals surface area contributed by atoms with Crippen molar-refractivity contribution in [2.45, 2.75) is 51.4 Å². The van der Waals surface area contributed by atoms with E-state index in [0.29, 0.717) is 17.6 Å². The molecule has 1 aromatic rings. The highest BCUT2D eigenvalue weighted by atomic mass is 19.1. The Kier molecular flexibility index (Phi) is 4.36. The van der Waals surface area contributed by atoms with Gasteiger partial charge < -0.3 is 10.2 Å². The Bertz CT molecular complexity index is 678. The molecule has 146 valence electrons. The van der Waals surface area contributed by atoms with Crippen LogP contribution in [0.1, 0.15) is 51.4 Å². The first-order valence-corrected chi connectivity index (χ1v) is 10.7. The monoisotopic (exact) mass is 371 g/mol. The van der Waals surface area contributed by atoms with Gasteiger partial charge in [0.15, 0.2) is 11.6 Å². The third kappa shape index (κ3) is 3.23. The Morgan fingerprint density at radius 1 is 1.15 bits per heavy atom. The van der Waals surface area contributed by atoms with E-state index in [2.05, 4.69) is 10.3 Å². The molecule has 0 spiro atoms. The van der Waals surface area contributed by atoms with Crippen LogP contribution in [0.25, 0.3) is 0 Å². The van der Waals surface area contributed by atoms with Gasteiger partial charge in [-0.2, -0.15) is 0 Å². The molecule has 1 aromatic heterocycles. The molecule has 4 bridgehead atoms. The smallest absolute Gasteiger partial charge is 0.226 e. The molecule has 4 nitrogen and oxygen atoms in total. The summed E-state index contributed by atoms with van der Waals surface area (Å²) >= 11 is 0. The summed E-state index contributed by atoms with van der Waals surface area (Å²) in [7, 11) is 0. The van der Waals surface area contributed by atoms with E-state index in [1.165, 1.54) is 25.3 Å². The number of amides is 1. The third-order valence-corrected chi connectivity index (χ3v) is 7.72. The van der Waals surface area contributed by atoms with Crippen molar-refractivity contribution in [3.8, 4) is 0 Å². The second-order valence-corrected chi connectivity index (χ2v) is 9.65. The lowest BCUT2D eigenvalue weighted by Crippen LogP contribution is -2.54. The second-order valence-electron chi connectivity index (χ2n) is 9.65. The highest BCUT2D eigenvalue weighted by molar-refractivity contribution is 5.83. The van der Waals surface area contributed by atoms with Crippen molar-refractivity contribution < 1.29 is 9.18 Å². The third-order valence-electron chi connectivity index (χ3n) is 7.72. The first-order valence-electron chi connectivity index (χ1n) is 10.7. The van der Waals surface area contributed by atoms with Gasteiger partial charge in [-0.15, -0.1) is 0 Å². The van der Waals surface area contributed by atoms with Gasteiger partial charge in [0, 0.05) is 31.2 Å². The predicted octanol–water partition coefficient (Wildman–Crippen LogP) is 3.77. The van der Waals surface area contributed by atoms with E-state index in [-0.39, 0.29) is 11.2 Å². The van der Waals surface area contributed by atoms with Crippen molar-refractivity contribution in [1.29, 1.82) is 0 Å². The van der Waals surface area contributed by atoms with E-state index in [4.69, 9.17) is 0 Å². The van der Waals surface area contributed by atoms with E-state index in [1.54, 1.807) is 12.3 Å². The Balaban J connectivity index is 1.14. The summed E-state index contributed by atoms with van der Waals surface area (Å²) in [5.41, 5.74) is -0.0491. The molecule has 4 saturated carbocycles. The largest absolute Gasteiger partial charge is 0.355 e. The number of pyridine rings is 1. The zero-order chi connectivity index (χ0) is 18.4. The van der Waals surface area contributed by atoms with Crippen LogP contribution in [0.4, 0.5) is 10.2 Å². The summed E-state index contributed by atoms with van der Waals surface area (Å²) in [6.45, 7) is 2.40. The minimum absolute atomic E-state index is 0.0491. The number of nitrogens with zero attached hydrogens (tertiary/aromatic N) is 2. The van der Waals surface area contributed by atoms with Crippen LogP contribution in [0, 0.1) is 34.9 Å². The first kappa shape index (κ1) is 17.4. The fraction of sp³-hybridized carbons (Fsp3) is 0.727. The van der Waals surface area contributed by atoms with Gasteiger partial charge in [-0.25, -0.2) is 9.37 Å². The normalized spacial score (nSPS) is 35.4. The van der Waals surface area contributed by atoms with E-state index < -0.39 is 0 Å². The maximum atomic E-state index is 13.9. The van der Waals surface area contributed by atoms with Crippen molar-refractivity contribution in [2.75, 3.05) is 24.5 Å². The molecule has 1 N–H and O–H groups in total. The number of aromatic nitrogens is 1. The zero-order valence-electron chi connectivity index (χ0n) is 16.0. The van der Waals surface area contributed by atoms with Crippen LogP contribution in [0.5, 0.6) is 0 Å². The predicted molar refractivity (Wildman–Crippen MR) is 103 cm³/mol. The maximum Gasteiger partial charge on any atom is 0.226 e. The summed E-state index contributed by atoms with van der Waals surface area (Å²) in [4.78, 5) is 19.3. The lowest BCUT2D eigenvalue weighted by atomic mass is 9.49. The lowest BCUT2D eigenvalue weighted by molar-refractivity contribution is -0.146. The first-order chi connectivity index (χ1) is 13.1. The number of halogens is 1. The molecule has 0 aromatic carbocycles. The van der Waals surface area contributed by atoms with Crippen LogP contribution >= 0.6 is 0 Å². The van der Waals surface area contributed by atoms with Crippen molar-refractivity contribution >= 4 is 11.7 Å². The number of nitrogens with one attached hydrogen (secondary N) is 1. The molecule has 1 aliphatic heterocycles. The molecule has 5 aliphatic rings. The van der Waals surface area contributed by atoms with Crippen molar-refractivity contribution in [1.82, 2.24) is 10.3 Å². The molecule has 5 heteroatoms. The highest BCUT2D eigenvalue weighted by Crippen LogP contribution is 2.60. The van der Waals surface area contributed by atoms with Gasteiger partial charge in [-0.3, -0.25) is 4.79 Å². The summed E-state index contributed by atoms with van der Waals surface area (Å²) in [5.74, 6) is 3.46. The Morgan fingerprint density at radius 3 is 2.37 bits per heavy atom. The van der Waals surface area contributed by atoms with E-state index >= 15 is 0 Å². The summed E-state index contributed by atoms with van der Waals surface area (Å²) in [5, 5.41) is 3.33. The number of piperidine rings is 1. The maximum absolute atomic E-state index is 13.9. The van der Waals surface area contributed by atoms with E-state index in [0.717, 1.165) is 69.5 Å². The van der Waals surface area contributed by atoms with Crippen molar-refractivity contribution in [3.63, 3.8) is 0 Å². The van der Waals surface area contributed by atoms with Crippen LogP contribution in [0.15, 0.2) is 18.3 Å². The summed E-state index contributed by atoms with van der Waals surface area (Å²) < 4.78 is 13.9. The number of carbonyl (C=O) groups is 1. The van der Waals surface area contributed by atoms with Crippen LogP contribution in [-0.2, 0) is 4.79 Å². The average Bonchev–Trinajstić information content (AvgIpc) is 2.66. The molecule has 4 aliphatic carbocycles. The average molecular weight is 372 g/mol. The van der Waals surface area contributed by atoms with Gasteiger partial charge in [0.1, 0.15) is 0 Å². The molecule has 0 unspecified atom stereocenters. The molecule has 1 amide bonds. The standard InChI is InChI=1S/C22H30FN3O/c23-19-2-1-5-24-20(19)26-6-3-15(4-7-26)14-25-21(27)22-11-16-8-17(12-22)10-18(9-16)13-22/h1-2,5,15-18H,3-4,6-14H2,(H,25,27). The highest BCUT2D eigenvalue weighted by Gasteiger charge is 2.54. The number of hydrogen-bond acceptors (Lipinski definition) is 3. The SMILES string of the molecule is O=C(NCC1CCN(c2ncccc2F)CC1)C12CC3CC(CC(C3)C1)C2. The fourth-order valence-corrected chi connectivity index (χ4v) is 6.77. The quantitative estimate of drug-likeness (QED) is 0.876. The van der Waals surface area contributed by atoms with Crippen LogP contribution < -0.4 is 10.2 Å². The molecule has 6 rings (SSSR count). The summed E-state index contributed by atoms with van der Waals surface area (Å²) in [6.07, 6.45) is 11.1. The van der Waals surface area contributed by atoms with Crippen molar-refractivity contribution in [2.24, 2.45) is 29.1 Å². The molecular formula is C22H30FN3O. The van der Waals surface area contributed by atoms with Crippen LogP contribution in [0.2, 0.25) is 0 Å². The van der Waals surface area contributed by atoms with Gasteiger partial charge in [-0.1, -0.05) is 0 Å². The molecule has 1 saturated heterocycles. The summed E-state index contributed by atoms with van der Waals surface area (Å²) in [6, 6.07) is 3.10. The molecule has 27 heavy (non-hydrogen) atoms. The Morgan fingerprint density at radius 2 is 1.78 bits per heavy atom. The molecule has 0 atom stereocenters. The van der Waals surface area contributed by atoms with E-state index in [9.17, 15) is 9.18 Å². The minimum Gasteiger partial charge on any atom is -0.355 e. The molecule has 0 radical (unpaired) electrons. The van der Waals surface area contributed by atoms with Gasteiger partial charge in [-0.05, 0) is 87.2 Å². The van der Waals surface area contributed by atoms with Crippen LogP contribution in [-0.4, -0.2) is 30.5 Å². The van der Waals surface area contributed by atoms with Gasteiger partial charge in [0.2, 0.25) is 5.91 Å². The Labute approximate surface area is 160 Å². The van der Waals surface area contributed by atoms with Crippen molar-refractivity contribution in [3.05, 3.63) is 24.1 Å².